The number of benzene rings is 2. The Balaban J connectivity index is 1.57. The van der Waals surface area contributed by atoms with Gasteiger partial charge in [0.2, 0.25) is 5.91 Å². The molecule has 3 aromatic rings. The maximum atomic E-state index is 12.1. The van der Waals surface area contributed by atoms with Crippen LogP contribution in [0.1, 0.15) is 12.0 Å². The van der Waals surface area contributed by atoms with Gasteiger partial charge >= 0.3 is 0 Å². The van der Waals surface area contributed by atoms with Gasteiger partial charge in [-0.1, -0.05) is 29.8 Å². The van der Waals surface area contributed by atoms with Crippen molar-refractivity contribution in [3.63, 3.8) is 0 Å². The van der Waals surface area contributed by atoms with E-state index in [-0.39, 0.29) is 5.91 Å². The van der Waals surface area contributed by atoms with Crippen molar-refractivity contribution in [2.45, 2.75) is 12.8 Å². The first-order valence-corrected chi connectivity index (χ1v) is 8.26. The summed E-state index contributed by atoms with van der Waals surface area (Å²) in [6, 6.07) is 15.0. The van der Waals surface area contributed by atoms with Crippen molar-refractivity contribution in [3.05, 3.63) is 71.5 Å². The van der Waals surface area contributed by atoms with Crippen LogP contribution in [0.3, 0.4) is 0 Å². The van der Waals surface area contributed by atoms with Crippen LogP contribution in [0.5, 0.6) is 5.75 Å². The smallest absolute Gasteiger partial charge is 0.224 e. The van der Waals surface area contributed by atoms with Gasteiger partial charge in [-0.05, 0) is 36.2 Å². The second-order valence-electron chi connectivity index (χ2n) is 5.52. The molecular formula is C19H18ClN3O2. The summed E-state index contributed by atoms with van der Waals surface area (Å²) in [6.45, 7) is 0. The zero-order valence-corrected chi connectivity index (χ0v) is 14.5. The Bertz CT molecular complexity index is 862. The van der Waals surface area contributed by atoms with Crippen molar-refractivity contribution < 1.29 is 9.53 Å². The van der Waals surface area contributed by atoms with Gasteiger partial charge in [-0.25, -0.2) is 4.68 Å². The molecule has 0 radical (unpaired) electrons. The van der Waals surface area contributed by atoms with Crippen LogP contribution in [-0.4, -0.2) is 22.8 Å². The fraction of sp³-hybridized carbons (Fsp3) is 0.158. The van der Waals surface area contributed by atoms with E-state index in [1.165, 1.54) is 0 Å². The highest BCUT2D eigenvalue weighted by Gasteiger charge is 2.08. The summed E-state index contributed by atoms with van der Waals surface area (Å²) in [5.74, 6) is 0.552. The SMILES string of the molecule is COc1ccc(NC(=O)CCc2cnn(-c3ccccc3)c2)c(Cl)c1. The standard InChI is InChI=1S/C19H18ClN3O2/c1-25-16-8-9-18(17(20)11-16)22-19(24)10-7-14-12-21-23(13-14)15-5-3-2-4-6-15/h2-6,8-9,11-13H,7,10H2,1H3,(H,22,24). The lowest BCUT2D eigenvalue weighted by molar-refractivity contribution is -0.116. The normalized spacial score (nSPS) is 10.5. The van der Waals surface area contributed by atoms with Crippen LogP contribution in [0, 0.1) is 0 Å². The molecule has 1 heterocycles. The highest BCUT2D eigenvalue weighted by Crippen LogP contribution is 2.26. The Kier molecular flexibility index (Phi) is 5.36. The molecule has 0 saturated carbocycles. The van der Waals surface area contributed by atoms with E-state index in [1.54, 1.807) is 36.2 Å². The van der Waals surface area contributed by atoms with Gasteiger partial charge in [-0.3, -0.25) is 4.79 Å². The monoisotopic (exact) mass is 355 g/mol. The quantitative estimate of drug-likeness (QED) is 0.724. The molecule has 1 amide bonds. The molecule has 0 fully saturated rings. The molecule has 0 saturated heterocycles. The second kappa shape index (κ2) is 7.85. The molecule has 6 heteroatoms. The minimum Gasteiger partial charge on any atom is -0.497 e. The van der Waals surface area contributed by atoms with Crippen LogP contribution in [0.15, 0.2) is 60.9 Å². The van der Waals surface area contributed by atoms with Crippen molar-refractivity contribution in [2.24, 2.45) is 0 Å². The third-order valence-corrected chi connectivity index (χ3v) is 4.06. The average molecular weight is 356 g/mol. The van der Waals surface area contributed by atoms with E-state index in [4.69, 9.17) is 16.3 Å². The molecule has 0 bridgehead atoms. The number of hydrogen-bond acceptors (Lipinski definition) is 3. The molecule has 1 aromatic heterocycles. The van der Waals surface area contributed by atoms with Gasteiger partial charge < -0.3 is 10.1 Å². The van der Waals surface area contributed by atoms with Gasteiger partial charge in [0.05, 0.1) is 29.7 Å². The van der Waals surface area contributed by atoms with Crippen molar-refractivity contribution in [1.29, 1.82) is 0 Å². The predicted molar refractivity (Wildman–Crippen MR) is 98.5 cm³/mol. The molecule has 25 heavy (non-hydrogen) atoms. The molecule has 1 N–H and O–H groups in total. The number of halogens is 1. The largest absolute Gasteiger partial charge is 0.497 e. The predicted octanol–water partition coefficient (Wildman–Crippen LogP) is 4.11. The number of para-hydroxylation sites is 1. The highest BCUT2D eigenvalue weighted by molar-refractivity contribution is 6.33. The molecule has 0 aliphatic heterocycles. The number of carbonyl (C=O) groups is 1. The summed E-state index contributed by atoms with van der Waals surface area (Å²) in [4.78, 5) is 12.1. The summed E-state index contributed by atoms with van der Waals surface area (Å²) in [6.07, 6.45) is 4.67. The van der Waals surface area contributed by atoms with Crippen molar-refractivity contribution in [1.82, 2.24) is 9.78 Å². The molecule has 0 aliphatic carbocycles. The Morgan fingerprint density at radius 1 is 1.24 bits per heavy atom. The molecule has 0 unspecified atom stereocenters. The molecule has 0 spiro atoms. The summed E-state index contributed by atoms with van der Waals surface area (Å²) < 4.78 is 6.89. The van der Waals surface area contributed by atoms with Crippen LogP contribution in [0.2, 0.25) is 5.02 Å². The van der Waals surface area contributed by atoms with Gasteiger partial charge in [0, 0.05) is 18.7 Å². The van der Waals surface area contributed by atoms with Gasteiger partial charge in [0.1, 0.15) is 5.75 Å². The number of methoxy groups -OCH3 is 1. The van der Waals surface area contributed by atoms with Crippen molar-refractivity contribution >= 4 is 23.2 Å². The van der Waals surface area contributed by atoms with Crippen LogP contribution < -0.4 is 10.1 Å². The van der Waals surface area contributed by atoms with E-state index in [2.05, 4.69) is 10.4 Å². The van der Waals surface area contributed by atoms with Gasteiger partial charge in [-0.15, -0.1) is 0 Å². The first kappa shape index (κ1) is 17.0. The maximum Gasteiger partial charge on any atom is 0.224 e. The van der Waals surface area contributed by atoms with E-state index in [1.807, 2.05) is 36.5 Å². The van der Waals surface area contributed by atoms with E-state index in [9.17, 15) is 4.79 Å². The van der Waals surface area contributed by atoms with Gasteiger partial charge in [-0.2, -0.15) is 5.10 Å². The fourth-order valence-corrected chi connectivity index (χ4v) is 2.62. The minimum absolute atomic E-state index is 0.0977. The number of amides is 1. The number of nitrogens with zero attached hydrogens (tertiary/aromatic N) is 2. The molecule has 128 valence electrons. The van der Waals surface area contributed by atoms with Gasteiger partial charge in [0.15, 0.2) is 0 Å². The van der Waals surface area contributed by atoms with Crippen LogP contribution in [-0.2, 0) is 11.2 Å². The number of hydrogen-bond donors (Lipinski definition) is 1. The second-order valence-corrected chi connectivity index (χ2v) is 5.93. The first-order valence-electron chi connectivity index (χ1n) is 7.88. The Hall–Kier alpha value is -2.79. The number of rotatable bonds is 6. The number of carbonyl (C=O) groups excluding carboxylic acids is 1. The van der Waals surface area contributed by atoms with Crippen molar-refractivity contribution in [2.75, 3.05) is 12.4 Å². The van der Waals surface area contributed by atoms with Crippen molar-refractivity contribution in [3.8, 4) is 11.4 Å². The number of anilines is 1. The topological polar surface area (TPSA) is 56.1 Å². The zero-order chi connectivity index (χ0) is 17.6. The van der Waals surface area contributed by atoms with E-state index in [0.717, 1.165) is 11.3 Å². The van der Waals surface area contributed by atoms with E-state index < -0.39 is 0 Å². The molecule has 3 rings (SSSR count). The molecule has 0 atom stereocenters. The highest BCUT2D eigenvalue weighted by atomic mass is 35.5. The van der Waals surface area contributed by atoms with E-state index in [0.29, 0.717) is 29.3 Å². The molecular weight excluding hydrogens is 338 g/mol. The first-order chi connectivity index (χ1) is 12.2. The van der Waals surface area contributed by atoms with Crippen LogP contribution in [0.25, 0.3) is 5.69 Å². The number of ether oxygens (including phenoxy) is 1. The number of aryl methyl sites for hydroxylation is 1. The van der Waals surface area contributed by atoms with Gasteiger partial charge in [0.25, 0.3) is 0 Å². The number of aromatic nitrogens is 2. The van der Waals surface area contributed by atoms with E-state index >= 15 is 0 Å². The summed E-state index contributed by atoms with van der Waals surface area (Å²) >= 11 is 6.13. The summed E-state index contributed by atoms with van der Waals surface area (Å²) in [7, 11) is 1.57. The number of nitrogens with one attached hydrogen (secondary N) is 1. The molecule has 2 aromatic carbocycles. The Morgan fingerprint density at radius 3 is 2.76 bits per heavy atom. The third-order valence-electron chi connectivity index (χ3n) is 3.75. The molecule has 0 aliphatic rings. The summed E-state index contributed by atoms with van der Waals surface area (Å²) in [5, 5.41) is 7.60. The lowest BCUT2D eigenvalue weighted by Crippen LogP contribution is -2.12. The third kappa shape index (κ3) is 4.39. The zero-order valence-electron chi connectivity index (χ0n) is 13.8. The van der Waals surface area contributed by atoms with Crippen LogP contribution >= 0.6 is 11.6 Å². The Morgan fingerprint density at radius 2 is 2.04 bits per heavy atom. The Labute approximate surface area is 151 Å². The lowest BCUT2D eigenvalue weighted by atomic mass is 10.2. The van der Waals surface area contributed by atoms with Crippen LogP contribution in [0.4, 0.5) is 5.69 Å². The average Bonchev–Trinajstić information content (AvgIpc) is 3.11. The minimum atomic E-state index is -0.0977. The summed E-state index contributed by atoms with van der Waals surface area (Å²) in [5.41, 5.74) is 2.57. The fourth-order valence-electron chi connectivity index (χ4n) is 2.41. The lowest BCUT2D eigenvalue weighted by Gasteiger charge is -2.08. The maximum absolute atomic E-state index is 12.1. The molecule has 5 nitrogen and oxygen atoms in total.